The molecule has 4 amide bonds. The lowest BCUT2D eigenvalue weighted by Gasteiger charge is -2.46. The molecule has 1 aromatic heterocycles. The summed E-state index contributed by atoms with van der Waals surface area (Å²) in [6.45, 7) is -0.324. The van der Waals surface area contributed by atoms with Crippen molar-refractivity contribution in [3.63, 3.8) is 0 Å². The first-order valence-corrected chi connectivity index (χ1v) is 17.9. The van der Waals surface area contributed by atoms with Crippen LogP contribution in [0.5, 0.6) is 0 Å². The van der Waals surface area contributed by atoms with Gasteiger partial charge in [-0.1, -0.05) is 84.0 Å². The number of hydrazine groups is 1. The second kappa shape index (κ2) is 15.6. The van der Waals surface area contributed by atoms with Gasteiger partial charge in [-0.25, -0.2) is 19.2 Å². The van der Waals surface area contributed by atoms with Gasteiger partial charge in [-0.05, 0) is 52.9 Å². The number of nitrogen functional groups attached to an aromatic ring is 1. The molecule has 0 bridgehead atoms. The molecule has 5 aromatic rings. The number of benzene rings is 4. The zero-order valence-corrected chi connectivity index (χ0v) is 29.6. The number of nitrogens with zero attached hydrogens (tertiary/aromatic N) is 6. The third kappa shape index (κ3) is 7.61. The van der Waals surface area contributed by atoms with Gasteiger partial charge in [0.05, 0.1) is 29.4 Å². The SMILES string of the molecule is N#CCN(C(=O)NCc1ccc(F)cc1)N1CC(=O)N2[C@@H](Cc3ccc(C#CC(=O)c4ccccc4)cc3)C(=O)N(Cc3cccc4sc(N)nc34)C[C@@H]21. The summed E-state index contributed by atoms with van der Waals surface area (Å²) in [5.41, 5.74) is 9.98. The summed E-state index contributed by atoms with van der Waals surface area (Å²) in [5.74, 6) is 4.19. The lowest BCUT2D eigenvalue weighted by Crippen LogP contribution is -2.66. The number of aromatic nitrogens is 1. The molecule has 2 saturated heterocycles. The highest BCUT2D eigenvalue weighted by Gasteiger charge is 2.52. The van der Waals surface area contributed by atoms with E-state index in [0.29, 0.717) is 27.3 Å². The summed E-state index contributed by atoms with van der Waals surface area (Å²) in [7, 11) is 0. The minimum atomic E-state index is -0.941. The molecule has 0 aliphatic carbocycles. The van der Waals surface area contributed by atoms with Crippen LogP contribution in [-0.2, 0) is 29.1 Å². The quantitative estimate of drug-likeness (QED) is 0.129. The number of hydrogen-bond donors (Lipinski definition) is 2. The number of amides is 4. The van der Waals surface area contributed by atoms with Crippen molar-refractivity contribution >= 4 is 50.3 Å². The molecule has 270 valence electrons. The Morgan fingerprint density at radius 1 is 0.981 bits per heavy atom. The molecule has 7 rings (SSSR count). The van der Waals surface area contributed by atoms with E-state index in [2.05, 4.69) is 22.1 Å². The van der Waals surface area contributed by atoms with Gasteiger partial charge in [0.1, 0.15) is 24.6 Å². The fraction of sp³-hybridized carbons (Fsp3) is 0.200. The predicted octanol–water partition coefficient (Wildman–Crippen LogP) is 4.33. The molecule has 3 N–H and O–H groups in total. The van der Waals surface area contributed by atoms with Crippen LogP contribution < -0.4 is 11.1 Å². The minimum absolute atomic E-state index is 0.0498. The van der Waals surface area contributed by atoms with Gasteiger partial charge in [0.15, 0.2) is 5.13 Å². The first-order valence-electron chi connectivity index (χ1n) is 17.1. The van der Waals surface area contributed by atoms with Crippen molar-refractivity contribution in [3.8, 4) is 17.9 Å². The van der Waals surface area contributed by atoms with Crippen molar-refractivity contribution < 1.29 is 23.6 Å². The third-order valence-corrected chi connectivity index (χ3v) is 10.2. The molecule has 2 fully saturated rings. The predicted molar refractivity (Wildman–Crippen MR) is 199 cm³/mol. The number of para-hydroxylation sites is 1. The first kappa shape index (κ1) is 35.8. The summed E-state index contributed by atoms with van der Waals surface area (Å²) in [6, 6.07) is 27.7. The van der Waals surface area contributed by atoms with Crippen molar-refractivity contribution in [3.05, 3.63) is 131 Å². The number of hydrogen-bond acceptors (Lipinski definition) is 9. The monoisotopic (exact) mass is 740 g/mol. The molecule has 4 aromatic carbocycles. The van der Waals surface area contributed by atoms with E-state index in [1.807, 2.05) is 30.3 Å². The number of thiazole rings is 1. The number of piperazine rings is 1. The Bertz CT molecular complexity index is 2330. The van der Waals surface area contributed by atoms with Gasteiger partial charge in [0, 0.05) is 30.6 Å². The Hall–Kier alpha value is -6.61. The average molecular weight is 741 g/mol. The van der Waals surface area contributed by atoms with Crippen molar-refractivity contribution in [2.75, 3.05) is 25.4 Å². The number of halogens is 1. The lowest BCUT2D eigenvalue weighted by atomic mass is 9.99. The van der Waals surface area contributed by atoms with Crippen molar-refractivity contribution in [2.45, 2.75) is 31.7 Å². The second-order valence-corrected chi connectivity index (χ2v) is 13.8. The van der Waals surface area contributed by atoms with Crippen molar-refractivity contribution in [1.29, 1.82) is 5.26 Å². The summed E-state index contributed by atoms with van der Waals surface area (Å²) >= 11 is 1.34. The van der Waals surface area contributed by atoms with Crippen LogP contribution in [0.25, 0.3) is 10.2 Å². The van der Waals surface area contributed by atoms with E-state index in [-0.39, 0.29) is 56.7 Å². The van der Waals surface area contributed by atoms with Crippen LogP contribution >= 0.6 is 11.3 Å². The molecule has 3 heterocycles. The molecule has 54 heavy (non-hydrogen) atoms. The minimum Gasteiger partial charge on any atom is -0.375 e. The number of nitrogens with one attached hydrogen (secondary N) is 1. The molecule has 0 unspecified atom stereocenters. The summed E-state index contributed by atoms with van der Waals surface area (Å²) in [4.78, 5) is 62.0. The second-order valence-electron chi connectivity index (χ2n) is 12.8. The van der Waals surface area contributed by atoms with Gasteiger partial charge in [0.25, 0.3) is 0 Å². The van der Waals surface area contributed by atoms with Crippen LogP contribution in [0.4, 0.5) is 14.3 Å². The van der Waals surface area contributed by atoms with E-state index in [1.165, 1.54) is 38.4 Å². The summed E-state index contributed by atoms with van der Waals surface area (Å²) in [6.07, 6.45) is -0.621. The lowest BCUT2D eigenvalue weighted by molar-refractivity contribution is -0.157. The van der Waals surface area contributed by atoms with Crippen LogP contribution in [0.2, 0.25) is 0 Å². The Kier molecular flexibility index (Phi) is 10.3. The van der Waals surface area contributed by atoms with E-state index in [4.69, 9.17) is 5.73 Å². The zero-order chi connectivity index (χ0) is 37.8. The number of urea groups is 1. The number of nitriles is 1. The third-order valence-electron chi connectivity index (χ3n) is 9.31. The van der Waals surface area contributed by atoms with Gasteiger partial charge in [-0.15, -0.1) is 0 Å². The molecular weight excluding hydrogens is 708 g/mol. The topological polar surface area (TPSA) is 156 Å². The fourth-order valence-electron chi connectivity index (χ4n) is 6.70. The van der Waals surface area contributed by atoms with E-state index in [1.54, 1.807) is 65.6 Å². The fourth-order valence-corrected chi connectivity index (χ4v) is 7.48. The average Bonchev–Trinajstić information content (AvgIpc) is 3.73. The largest absolute Gasteiger partial charge is 0.375 e. The number of ketones is 1. The Morgan fingerprint density at radius 2 is 1.72 bits per heavy atom. The highest BCUT2D eigenvalue weighted by Crippen LogP contribution is 2.32. The Morgan fingerprint density at radius 3 is 2.46 bits per heavy atom. The maximum Gasteiger partial charge on any atom is 0.333 e. The van der Waals surface area contributed by atoms with Crippen LogP contribution in [0.15, 0.2) is 97.1 Å². The maximum absolute atomic E-state index is 14.4. The van der Waals surface area contributed by atoms with Gasteiger partial charge in [-0.2, -0.15) is 10.3 Å². The smallest absolute Gasteiger partial charge is 0.333 e. The zero-order valence-electron chi connectivity index (χ0n) is 28.8. The number of carbonyl (C=O) groups is 4. The number of nitrogens with two attached hydrogens (primary N) is 1. The van der Waals surface area contributed by atoms with Gasteiger partial charge >= 0.3 is 6.03 Å². The maximum atomic E-state index is 14.4. The van der Waals surface area contributed by atoms with Crippen LogP contribution in [0, 0.1) is 29.0 Å². The molecule has 2 aliphatic heterocycles. The van der Waals surface area contributed by atoms with Gasteiger partial charge in [0.2, 0.25) is 17.6 Å². The molecule has 2 aliphatic rings. The molecule has 14 heteroatoms. The highest BCUT2D eigenvalue weighted by atomic mass is 32.1. The summed E-state index contributed by atoms with van der Waals surface area (Å²) < 4.78 is 14.3. The first-order chi connectivity index (χ1) is 26.2. The number of rotatable bonds is 9. The number of Topliss-reactive ketones (excluding diaryl/α,β-unsaturated/α-hetero) is 1. The highest BCUT2D eigenvalue weighted by molar-refractivity contribution is 7.22. The molecule has 0 saturated carbocycles. The molecular formula is C40H33FN8O4S. The normalized spacial score (nSPS) is 16.7. The van der Waals surface area contributed by atoms with E-state index >= 15 is 0 Å². The molecule has 0 radical (unpaired) electrons. The van der Waals surface area contributed by atoms with Crippen LogP contribution in [0.3, 0.4) is 0 Å². The molecule has 2 atom stereocenters. The van der Waals surface area contributed by atoms with E-state index in [9.17, 15) is 28.8 Å². The standard InChI is InChI=1S/C40H33FN8O4S/c41-31-16-13-28(14-17-31)22-44-40(53)47(20-19-42)48-25-36(51)49-32(21-27-11-9-26(10-12-27)15-18-33(50)29-5-2-1-3-6-29)38(52)46(24-35(48)49)23-30-7-4-8-34-37(30)45-39(43)54-34/h1-14,16-17,32,35H,20-25H2,(H2,43,45)(H,44,53)/t32-,35+/m0/s1. The van der Waals surface area contributed by atoms with Crippen LogP contribution in [0.1, 0.15) is 32.6 Å². The molecule has 0 spiro atoms. The van der Waals surface area contributed by atoms with Crippen molar-refractivity contribution in [2.24, 2.45) is 0 Å². The number of carbonyl (C=O) groups excluding carboxylic acids is 4. The Balaban J connectivity index is 1.16. The molecule has 12 nitrogen and oxygen atoms in total. The van der Waals surface area contributed by atoms with E-state index in [0.717, 1.165) is 15.8 Å². The number of fused-ring (bicyclic) bond motifs is 2. The summed E-state index contributed by atoms with van der Waals surface area (Å²) in [5, 5.41) is 15.6. The van der Waals surface area contributed by atoms with Crippen LogP contribution in [-0.4, -0.2) is 80.3 Å². The Labute approximate surface area is 314 Å². The van der Waals surface area contributed by atoms with E-state index < -0.39 is 24.1 Å². The van der Waals surface area contributed by atoms with Crippen molar-refractivity contribution in [1.82, 2.24) is 30.1 Å². The number of anilines is 1. The van der Waals surface area contributed by atoms with Gasteiger partial charge in [-0.3, -0.25) is 14.4 Å². The van der Waals surface area contributed by atoms with Gasteiger partial charge < -0.3 is 20.9 Å².